The van der Waals surface area contributed by atoms with Crippen LogP contribution in [0, 0.1) is 5.92 Å². The van der Waals surface area contributed by atoms with Crippen molar-refractivity contribution in [2.24, 2.45) is 5.92 Å². The number of aliphatic hydroxyl groups excluding tert-OH is 1. The van der Waals surface area contributed by atoms with Gasteiger partial charge in [-0.15, -0.1) is 0 Å². The Morgan fingerprint density at radius 1 is 1.12 bits per heavy atom. The zero-order chi connectivity index (χ0) is 16.8. The van der Waals surface area contributed by atoms with E-state index in [4.69, 9.17) is 4.74 Å². The lowest BCUT2D eigenvalue weighted by Gasteiger charge is -2.16. The summed E-state index contributed by atoms with van der Waals surface area (Å²) >= 11 is 0. The summed E-state index contributed by atoms with van der Waals surface area (Å²) in [6, 6.07) is 12.5. The van der Waals surface area contributed by atoms with Gasteiger partial charge in [-0.1, -0.05) is 19.1 Å². The van der Waals surface area contributed by atoms with Crippen molar-refractivity contribution in [2.45, 2.75) is 25.8 Å². The van der Waals surface area contributed by atoms with Crippen molar-refractivity contribution >= 4 is 0 Å². The third-order valence-corrected chi connectivity index (χ3v) is 4.69. The Hall–Kier alpha value is -1.91. The molecule has 0 aliphatic carbocycles. The average molecular weight is 326 g/mol. The molecule has 0 radical (unpaired) electrons. The molecule has 0 bridgehead atoms. The average Bonchev–Trinajstić information content (AvgIpc) is 3.05. The van der Waals surface area contributed by atoms with Crippen LogP contribution in [-0.4, -0.2) is 41.3 Å². The zero-order valence-corrected chi connectivity index (χ0v) is 14.3. The van der Waals surface area contributed by atoms with Crippen LogP contribution in [0.4, 0.5) is 0 Å². The standard InChI is InChI=1S/C20H26N2O2/c1-2-11-24-19-5-3-16(4-6-19)12-22-13-18(15-23)20(14-22)17-7-9-21-10-8-17/h3-10,18,20,23H,2,11-15H2,1H3/t18-,20-/m0/s1. The van der Waals surface area contributed by atoms with Gasteiger partial charge < -0.3 is 9.84 Å². The van der Waals surface area contributed by atoms with Crippen LogP contribution in [-0.2, 0) is 6.54 Å². The van der Waals surface area contributed by atoms with Gasteiger partial charge in [0.15, 0.2) is 0 Å². The Kier molecular flexibility index (Phi) is 5.83. The monoisotopic (exact) mass is 326 g/mol. The van der Waals surface area contributed by atoms with Gasteiger partial charge in [0.1, 0.15) is 5.75 Å². The number of aliphatic hydroxyl groups is 1. The van der Waals surface area contributed by atoms with E-state index in [2.05, 4.69) is 41.1 Å². The molecule has 0 unspecified atom stereocenters. The zero-order valence-electron chi connectivity index (χ0n) is 14.3. The molecule has 4 heteroatoms. The second-order valence-corrected chi connectivity index (χ2v) is 6.52. The third kappa shape index (κ3) is 4.13. The normalized spacial score (nSPS) is 21.1. The van der Waals surface area contributed by atoms with Gasteiger partial charge in [0.25, 0.3) is 0 Å². The molecular weight excluding hydrogens is 300 g/mol. The molecule has 1 aromatic heterocycles. The molecule has 2 heterocycles. The van der Waals surface area contributed by atoms with Crippen molar-refractivity contribution in [2.75, 3.05) is 26.3 Å². The molecule has 1 fully saturated rings. The molecule has 1 aromatic carbocycles. The highest BCUT2D eigenvalue weighted by molar-refractivity contribution is 5.27. The summed E-state index contributed by atoms with van der Waals surface area (Å²) in [5.41, 5.74) is 2.56. The minimum atomic E-state index is 0.229. The van der Waals surface area contributed by atoms with Gasteiger partial charge in [0.2, 0.25) is 0 Å². The first-order chi connectivity index (χ1) is 11.8. The van der Waals surface area contributed by atoms with E-state index in [9.17, 15) is 5.11 Å². The number of hydrogen-bond acceptors (Lipinski definition) is 4. The van der Waals surface area contributed by atoms with Crippen molar-refractivity contribution in [1.29, 1.82) is 0 Å². The van der Waals surface area contributed by atoms with Crippen molar-refractivity contribution in [3.05, 3.63) is 59.9 Å². The molecule has 1 aliphatic heterocycles. The van der Waals surface area contributed by atoms with Crippen LogP contribution in [0.5, 0.6) is 5.75 Å². The van der Waals surface area contributed by atoms with Crippen molar-refractivity contribution in [3.63, 3.8) is 0 Å². The fourth-order valence-corrected chi connectivity index (χ4v) is 3.43. The van der Waals surface area contributed by atoms with Gasteiger partial charge in [-0.25, -0.2) is 0 Å². The first-order valence-corrected chi connectivity index (χ1v) is 8.75. The molecule has 4 nitrogen and oxygen atoms in total. The van der Waals surface area contributed by atoms with Crippen molar-refractivity contribution in [1.82, 2.24) is 9.88 Å². The minimum absolute atomic E-state index is 0.229. The highest BCUT2D eigenvalue weighted by atomic mass is 16.5. The molecule has 1 aliphatic rings. The number of benzene rings is 1. The highest BCUT2D eigenvalue weighted by Gasteiger charge is 2.33. The fraction of sp³-hybridized carbons (Fsp3) is 0.450. The summed E-state index contributed by atoms with van der Waals surface area (Å²) in [6.45, 7) is 5.91. The van der Waals surface area contributed by atoms with Crippen LogP contribution >= 0.6 is 0 Å². The molecule has 2 aromatic rings. The maximum Gasteiger partial charge on any atom is 0.119 e. The predicted octanol–water partition coefficient (Wildman–Crippen LogP) is 3.08. The topological polar surface area (TPSA) is 45.6 Å². The van der Waals surface area contributed by atoms with Crippen LogP contribution in [0.1, 0.15) is 30.4 Å². The Bertz CT molecular complexity index is 615. The Morgan fingerprint density at radius 2 is 1.88 bits per heavy atom. The fourth-order valence-electron chi connectivity index (χ4n) is 3.43. The summed E-state index contributed by atoms with van der Waals surface area (Å²) in [4.78, 5) is 6.52. The molecule has 1 saturated heterocycles. The second-order valence-electron chi connectivity index (χ2n) is 6.52. The van der Waals surface area contributed by atoms with Crippen molar-refractivity contribution in [3.8, 4) is 5.75 Å². The third-order valence-electron chi connectivity index (χ3n) is 4.69. The van der Waals surface area contributed by atoms with Gasteiger partial charge in [-0.05, 0) is 41.8 Å². The Labute approximate surface area is 144 Å². The Morgan fingerprint density at radius 3 is 2.54 bits per heavy atom. The summed E-state index contributed by atoms with van der Waals surface area (Å²) in [6.07, 6.45) is 4.69. The minimum Gasteiger partial charge on any atom is -0.494 e. The number of nitrogens with zero attached hydrogens (tertiary/aromatic N) is 2. The number of aromatic nitrogens is 1. The summed E-state index contributed by atoms with van der Waals surface area (Å²) in [5, 5.41) is 9.74. The van der Waals surface area contributed by atoms with Gasteiger partial charge in [0, 0.05) is 50.5 Å². The predicted molar refractivity (Wildman–Crippen MR) is 95.1 cm³/mol. The number of likely N-dealkylation sites (tertiary alicyclic amines) is 1. The van der Waals surface area contributed by atoms with E-state index in [0.29, 0.717) is 11.8 Å². The maximum atomic E-state index is 9.74. The van der Waals surface area contributed by atoms with E-state index in [1.54, 1.807) is 0 Å². The van der Waals surface area contributed by atoms with Crippen LogP contribution in [0.3, 0.4) is 0 Å². The van der Waals surface area contributed by atoms with E-state index in [0.717, 1.165) is 38.4 Å². The van der Waals surface area contributed by atoms with E-state index >= 15 is 0 Å². The molecule has 0 spiro atoms. The van der Waals surface area contributed by atoms with E-state index in [-0.39, 0.29) is 6.61 Å². The van der Waals surface area contributed by atoms with Crippen LogP contribution < -0.4 is 4.74 Å². The molecule has 0 amide bonds. The quantitative estimate of drug-likeness (QED) is 0.849. The van der Waals surface area contributed by atoms with Gasteiger partial charge in [-0.2, -0.15) is 0 Å². The van der Waals surface area contributed by atoms with E-state index in [1.807, 2.05) is 24.5 Å². The second kappa shape index (κ2) is 8.27. The maximum absolute atomic E-state index is 9.74. The van der Waals surface area contributed by atoms with Crippen LogP contribution in [0.2, 0.25) is 0 Å². The number of pyridine rings is 1. The van der Waals surface area contributed by atoms with E-state index < -0.39 is 0 Å². The molecule has 24 heavy (non-hydrogen) atoms. The van der Waals surface area contributed by atoms with Gasteiger partial charge in [-0.3, -0.25) is 9.88 Å². The van der Waals surface area contributed by atoms with Gasteiger partial charge >= 0.3 is 0 Å². The van der Waals surface area contributed by atoms with Crippen molar-refractivity contribution < 1.29 is 9.84 Å². The SMILES string of the molecule is CCCOc1ccc(CN2C[C@@H](CO)[C@H](c3ccncc3)C2)cc1. The molecule has 128 valence electrons. The number of hydrogen-bond donors (Lipinski definition) is 1. The highest BCUT2D eigenvalue weighted by Crippen LogP contribution is 2.33. The lowest BCUT2D eigenvalue weighted by Crippen LogP contribution is -2.20. The lowest BCUT2D eigenvalue weighted by atomic mass is 9.90. The first kappa shape index (κ1) is 16.9. The van der Waals surface area contributed by atoms with E-state index in [1.165, 1.54) is 11.1 Å². The lowest BCUT2D eigenvalue weighted by molar-refractivity contribution is 0.214. The van der Waals surface area contributed by atoms with Gasteiger partial charge in [0.05, 0.1) is 6.61 Å². The number of ether oxygens (including phenoxy) is 1. The molecule has 1 N–H and O–H groups in total. The molecular formula is C20H26N2O2. The smallest absolute Gasteiger partial charge is 0.119 e. The Balaban J connectivity index is 1.62. The molecule has 3 rings (SSSR count). The largest absolute Gasteiger partial charge is 0.494 e. The molecule has 2 atom stereocenters. The summed E-state index contributed by atoms with van der Waals surface area (Å²) < 4.78 is 5.64. The summed E-state index contributed by atoms with van der Waals surface area (Å²) in [7, 11) is 0. The summed E-state index contributed by atoms with van der Waals surface area (Å²) in [5.74, 6) is 1.61. The van der Waals surface area contributed by atoms with Crippen LogP contribution in [0.25, 0.3) is 0 Å². The first-order valence-electron chi connectivity index (χ1n) is 8.75. The number of rotatable bonds is 7. The van der Waals surface area contributed by atoms with Crippen LogP contribution in [0.15, 0.2) is 48.8 Å². The molecule has 0 saturated carbocycles.